The number of benzene rings is 1. The van der Waals surface area contributed by atoms with Gasteiger partial charge in [-0.15, -0.1) is 0 Å². The van der Waals surface area contributed by atoms with Crippen LogP contribution in [0.1, 0.15) is 83.6 Å². The molecular weight excluding hydrogens is 304 g/mol. The zero-order valence-corrected chi connectivity index (χ0v) is 16.5. The Morgan fingerprint density at radius 3 is 2.08 bits per heavy atom. The van der Waals surface area contributed by atoms with Crippen molar-refractivity contribution >= 4 is 0 Å². The molecule has 1 aliphatic rings. The second-order valence-corrected chi connectivity index (χ2v) is 7.44. The zero-order valence-electron chi connectivity index (χ0n) is 16.5. The van der Waals surface area contributed by atoms with Crippen LogP contribution in [-0.4, -0.2) is 22.5 Å². The van der Waals surface area contributed by atoms with E-state index in [1.165, 1.54) is 76.3 Å². The molecule has 140 valence electrons. The van der Waals surface area contributed by atoms with E-state index in [1.807, 2.05) is 0 Å². The van der Waals surface area contributed by atoms with Gasteiger partial charge in [0.1, 0.15) is 6.17 Å². The number of hydrogen-bond donors (Lipinski definition) is 0. The molecule has 1 aromatic rings. The molecular formula is C23H38N2. The first kappa shape index (κ1) is 19.9. The third kappa shape index (κ3) is 7.13. The van der Waals surface area contributed by atoms with Crippen molar-refractivity contribution in [2.45, 2.75) is 90.8 Å². The SMILES string of the molecule is CCCCCCCCCC1N(CCCC)C=CN1Cc1ccccc1. The maximum atomic E-state index is 2.57. The molecule has 1 aliphatic heterocycles. The lowest BCUT2D eigenvalue weighted by molar-refractivity contribution is 0.132. The molecule has 2 heteroatoms. The molecule has 0 aromatic heterocycles. The van der Waals surface area contributed by atoms with Crippen molar-refractivity contribution in [1.29, 1.82) is 0 Å². The Hall–Kier alpha value is -1.44. The maximum absolute atomic E-state index is 2.57. The van der Waals surface area contributed by atoms with Crippen LogP contribution >= 0.6 is 0 Å². The minimum absolute atomic E-state index is 0.558. The molecule has 1 heterocycles. The monoisotopic (exact) mass is 342 g/mol. The second-order valence-electron chi connectivity index (χ2n) is 7.44. The van der Waals surface area contributed by atoms with Gasteiger partial charge in [0, 0.05) is 25.5 Å². The van der Waals surface area contributed by atoms with Crippen molar-refractivity contribution in [1.82, 2.24) is 9.80 Å². The molecule has 0 N–H and O–H groups in total. The van der Waals surface area contributed by atoms with Crippen LogP contribution in [0.25, 0.3) is 0 Å². The quantitative estimate of drug-likeness (QED) is 0.375. The van der Waals surface area contributed by atoms with Crippen LogP contribution in [0.4, 0.5) is 0 Å². The van der Waals surface area contributed by atoms with Crippen LogP contribution in [0.2, 0.25) is 0 Å². The van der Waals surface area contributed by atoms with Gasteiger partial charge in [-0.05, 0) is 24.8 Å². The van der Waals surface area contributed by atoms with Gasteiger partial charge in [-0.2, -0.15) is 0 Å². The molecule has 1 aromatic carbocycles. The summed E-state index contributed by atoms with van der Waals surface area (Å²) in [6.45, 7) is 6.80. The van der Waals surface area contributed by atoms with E-state index in [4.69, 9.17) is 0 Å². The maximum Gasteiger partial charge on any atom is 0.101 e. The van der Waals surface area contributed by atoms with E-state index in [0.717, 1.165) is 6.54 Å². The molecule has 2 nitrogen and oxygen atoms in total. The van der Waals surface area contributed by atoms with Gasteiger partial charge in [0.05, 0.1) is 0 Å². The fraction of sp³-hybridized carbons (Fsp3) is 0.652. The standard InChI is InChI=1S/C23H38N2/c1-3-5-7-8-9-10-14-17-23-24(18-6-4-2)19-20-25(23)21-22-15-12-11-13-16-22/h11-13,15-16,19-20,23H,3-10,14,17-18,21H2,1-2H3. The Kier molecular flexibility index (Phi) is 9.54. The summed E-state index contributed by atoms with van der Waals surface area (Å²) < 4.78 is 0. The van der Waals surface area contributed by atoms with Crippen molar-refractivity contribution in [2.24, 2.45) is 0 Å². The average Bonchev–Trinajstić information content (AvgIpc) is 3.01. The van der Waals surface area contributed by atoms with Crippen molar-refractivity contribution in [3.63, 3.8) is 0 Å². The van der Waals surface area contributed by atoms with Gasteiger partial charge in [-0.1, -0.05) is 89.1 Å². The highest BCUT2D eigenvalue weighted by atomic mass is 15.4. The van der Waals surface area contributed by atoms with Crippen LogP contribution in [0.3, 0.4) is 0 Å². The molecule has 1 atom stereocenters. The number of hydrogen-bond acceptors (Lipinski definition) is 2. The lowest BCUT2D eigenvalue weighted by Crippen LogP contribution is -2.38. The van der Waals surface area contributed by atoms with Gasteiger partial charge < -0.3 is 9.80 Å². The van der Waals surface area contributed by atoms with Gasteiger partial charge >= 0.3 is 0 Å². The molecule has 0 spiro atoms. The molecule has 0 saturated carbocycles. The summed E-state index contributed by atoms with van der Waals surface area (Å²) in [5.74, 6) is 0. The first-order chi connectivity index (χ1) is 12.3. The highest BCUT2D eigenvalue weighted by molar-refractivity contribution is 5.15. The predicted octanol–water partition coefficient (Wildman–Crippen LogP) is 6.54. The second kappa shape index (κ2) is 12.0. The summed E-state index contributed by atoms with van der Waals surface area (Å²) >= 11 is 0. The van der Waals surface area contributed by atoms with Crippen molar-refractivity contribution < 1.29 is 0 Å². The van der Waals surface area contributed by atoms with E-state index < -0.39 is 0 Å². The summed E-state index contributed by atoms with van der Waals surface area (Å²) in [5, 5.41) is 0. The van der Waals surface area contributed by atoms with Crippen LogP contribution in [0.5, 0.6) is 0 Å². The first-order valence-corrected chi connectivity index (χ1v) is 10.6. The Bertz CT molecular complexity index is 468. The minimum atomic E-state index is 0.558. The third-order valence-corrected chi connectivity index (χ3v) is 5.26. The molecule has 0 amide bonds. The normalized spacial score (nSPS) is 16.8. The molecule has 2 rings (SSSR count). The Morgan fingerprint density at radius 2 is 1.36 bits per heavy atom. The number of unbranched alkanes of at least 4 members (excludes halogenated alkanes) is 7. The molecule has 0 bridgehead atoms. The number of rotatable bonds is 13. The first-order valence-electron chi connectivity index (χ1n) is 10.6. The summed E-state index contributed by atoms with van der Waals surface area (Å²) in [6.07, 6.45) is 18.8. The van der Waals surface area contributed by atoms with Gasteiger partial charge in [0.25, 0.3) is 0 Å². The summed E-state index contributed by atoms with van der Waals surface area (Å²) in [7, 11) is 0. The molecule has 0 saturated heterocycles. The van der Waals surface area contributed by atoms with E-state index in [0.29, 0.717) is 6.17 Å². The zero-order chi connectivity index (χ0) is 17.7. The minimum Gasteiger partial charge on any atom is -0.356 e. The molecule has 25 heavy (non-hydrogen) atoms. The fourth-order valence-corrected chi connectivity index (χ4v) is 3.69. The molecule has 1 unspecified atom stereocenters. The summed E-state index contributed by atoms with van der Waals surface area (Å²) in [5.41, 5.74) is 1.41. The predicted molar refractivity (Wildman–Crippen MR) is 109 cm³/mol. The van der Waals surface area contributed by atoms with Gasteiger partial charge in [-0.25, -0.2) is 0 Å². The molecule has 0 radical (unpaired) electrons. The Morgan fingerprint density at radius 1 is 0.720 bits per heavy atom. The van der Waals surface area contributed by atoms with Crippen molar-refractivity contribution in [3.8, 4) is 0 Å². The lowest BCUT2D eigenvalue weighted by atomic mass is 10.1. The van der Waals surface area contributed by atoms with E-state index in [9.17, 15) is 0 Å². The highest BCUT2D eigenvalue weighted by Crippen LogP contribution is 2.24. The van der Waals surface area contributed by atoms with E-state index in [-0.39, 0.29) is 0 Å². The highest BCUT2D eigenvalue weighted by Gasteiger charge is 2.25. The number of nitrogens with zero attached hydrogens (tertiary/aromatic N) is 2. The van der Waals surface area contributed by atoms with Crippen LogP contribution in [-0.2, 0) is 6.54 Å². The Balaban J connectivity index is 1.79. The molecule has 0 fully saturated rings. The van der Waals surface area contributed by atoms with E-state index in [2.05, 4.69) is 66.4 Å². The van der Waals surface area contributed by atoms with Crippen LogP contribution < -0.4 is 0 Å². The third-order valence-electron chi connectivity index (χ3n) is 5.26. The Labute approximate surface area is 155 Å². The summed E-state index contributed by atoms with van der Waals surface area (Å²) in [4.78, 5) is 5.12. The van der Waals surface area contributed by atoms with Gasteiger partial charge in [0.15, 0.2) is 0 Å². The summed E-state index contributed by atoms with van der Waals surface area (Å²) in [6, 6.07) is 10.9. The van der Waals surface area contributed by atoms with Crippen LogP contribution in [0.15, 0.2) is 42.7 Å². The van der Waals surface area contributed by atoms with Crippen molar-refractivity contribution in [2.75, 3.05) is 6.54 Å². The van der Waals surface area contributed by atoms with E-state index >= 15 is 0 Å². The smallest absolute Gasteiger partial charge is 0.101 e. The lowest BCUT2D eigenvalue weighted by Gasteiger charge is -2.33. The largest absolute Gasteiger partial charge is 0.356 e. The van der Waals surface area contributed by atoms with Crippen molar-refractivity contribution in [3.05, 3.63) is 48.3 Å². The van der Waals surface area contributed by atoms with Crippen LogP contribution in [0, 0.1) is 0 Å². The van der Waals surface area contributed by atoms with Gasteiger partial charge in [-0.3, -0.25) is 0 Å². The van der Waals surface area contributed by atoms with E-state index in [1.54, 1.807) is 0 Å². The van der Waals surface area contributed by atoms with Gasteiger partial charge in [0.2, 0.25) is 0 Å². The average molecular weight is 343 g/mol. The topological polar surface area (TPSA) is 6.48 Å². The molecule has 0 aliphatic carbocycles. The fourth-order valence-electron chi connectivity index (χ4n) is 3.69.